The van der Waals surface area contributed by atoms with E-state index in [0.29, 0.717) is 32.5 Å². The number of ether oxygens (including phenoxy) is 1. The second-order valence-corrected chi connectivity index (χ2v) is 4.04. The highest BCUT2D eigenvalue weighted by Gasteiger charge is 2.38. The summed E-state index contributed by atoms with van der Waals surface area (Å²) >= 11 is 0. The first-order chi connectivity index (χ1) is 7.04. The molecule has 0 aromatic carbocycles. The van der Waals surface area contributed by atoms with E-state index in [0.717, 1.165) is 0 Å². The quantitative estimate of drug-likeness (QED) is 0.545. The Kier molecular flexibility index (Phi) is 4.50. The number of aliphatic carboxylic acids is 1. The molecule has 2 atom stereocenters. The lowest BCUT2D eigenvalue weighted by Gasteiger charge is -2.26. The van der Waals surface area contributed by atoms with Gasteiger partial charge < -0.3 is 20.3 Å². The van der Waals surface area contributed by atoms with E-state index in [4.69, 9.17) is 9.84 Å². The highest BCUT2D eigenvalue weighted by atomic mass is 16.5. The van der Waals surface area contributed by atoms with E-state index in [1.165, 1.54) is 0 Å². The summed E-state index contributed by atoms with van der Waals surface area (Å²) in [6, 6.07) is 0. The van der Waals surface area contributed by atoms with Gasteiger partial charge in [-0.05, 0) is 19.9 Å². The monoisotopic (exact) mass is 217 g/mol. The fraction of sp³-hybridized carbons (Fsp3) is 0.900. The van der Waals surface area contributed by atoms with Crippen molar-refractivity contribution < 1.29 is 19.7 Å². The third-order valence-corrected chi connectivity index (χ3v) is 2.83. The van der Waals surface area contributed by atoms with Gasteiger partial charge in [-0.2, -0.15) is 0 Å². The van der Waals surface area contributed by atoms with Gasteiger partial charge in [0.2, 0.25) is 0 Å². The molecule has 5 nitrogen and oxygen atoms in total. The Labute approximate surface area is 89.4 Å². The summed E-state index contributed by atoms with van der Waals surface area (Å²) in [6.07, 6.45) is 1.24. The van der Waals surface area contributed by atoms with Crippen LogP contribution >= 0.6 is 0 Å². The van der Waals surface area contributed by atoms with Crippen molar-refractivity contribution in [3.8, 4) is 0 Å². The van der Waals surface area contributed by atoms with Crippen molar-refractivity contribution >= 4 is 5.97 Å². The molecule has 3 N–H and O–H groups in total. The summed E-state index contributed by atoms with van der Waals surface area (Å²) in [5.74, 6) is -0.784. The highest BCUT2D eigenvalue weighted by molar-refractivity contribution is 5.66. The van der Waals surface area contributed by atoms with Gasteiger partial charge in [-0.25, -0.2) is 0 Å². The van der Waals surface area contributed by atoms with Crippen molar-refractivity contribution in [2.75, 3.05) is 19.7 Å². The number of nitrogens with one attached hydrogen (secondary N) is 1. The van der Waals surface area contributed by atoms with Gasteiger partial charge in [0.05, 0.1) is 6.10 Å². The summed E-state index contributed by atoms with van der Waals surface area (Å²) in [5.41, 5.74) is -0.788. The number of hydrogen-bond donors (Lipinski definition) is 3. The SMILES string of the molecule is CC1OCCC1(O)CNCCCC(=O)O. The van der Waals surface area contributed by atoms with Crippen LogP contribution in [0.25, 0.3) is 0 Å². The van der Waals surface area contributed by atoms with Crippen LogP contribution in [0.4, 0.5) is 0 Å². The number of carboxylic acid groups (broad SMARTS) is 1. The van der Waals surface area contributed by atoms with Crippen LogP contribution in [0.1, 0.15) is 26.2 Å². The molecule has 0 amide bonds. The molecular formula is C10H19NO4. The number of aliphatic hydroxyl groups is 1. The zero-order valence-electron chi connectivity index (χ0n) is 9.03. The minimum atomic E-state index is -0.788. The normalized spacial score (nSPS) is 30.7. The van der Waals surface area contributed by atoms with E-state index in [2.05, 4.69) is 5.32 Å². The fourth-order valence-corrected chi connectivity index (χ4v) is 1.67. The lowest BCUT2D eigenvalue weighted by molar-refractivity contribution is -0.137. The zero-order valence-corrected chi connectivity index (χ0v) is 9.03. The van der Waals surface area contributed by atoms with Crippen LogP contribution in [0, 0.1) is 0 Å². The number of hydrogen-bond acceptors (Lipinski definition) is 4. The molecular weight excluding hydrogens is 198 g/mol. The molecule has 2 unspecified atom stereocenters. The molecule has 1 rings (SSSR count). The molecule has 1 saturated heterocycles. The summed E-state index contributed by atoms with van der Waals surface area (Å²) in [6.45, 7) is 3.52. The van der Waals surface area contributed by atoms with E-state index >= 15 is 0 Å². The standard InChI is InChI=1S/C10H19NO4/c1-8-10(14,4-6-15-8)7-11-5-2-3-9(12)13/h8,11,14H,2-7H2,1H3,(H,12,13). The summed E-state index contributed by atoms with van der Waals surface area (Å²) < 4.78 is 5.28. The third kappa shape index (κ3) is 3.77. The van der Waals surface area contributed by atoms with Crippen LogP contribution in [0.15, 0.2) is 0 Å². The van der Waals surface area contributed by atoms with Gasteiger partial charge >= 0.3 is 5.97 Å². The van der Waals surface area contributed by atoms with Crippen LogP contribution in [0.2, 0.25) is 0 Å². The van der Waals surface area contributed by atoms with Gasteiger partial charge in [0.15, 0.2) is 0 Å². The lowest BCUT2D eigenvalue weighted by atomic mass is 9.97. The van der Waals surface area contributed by atoms with Gasteiger partial charge in [0.25, 0.3) is 0 Å². The molecule has 0 bridgehead atoms. The number of carboxylic acids is 1. The van der Waals surface area contributed by atoms with Crippen LogP contribution < -0.4 is 5.32 Å². The van der Waals surface area contributed by atoms with Crippen molar-refractivity contribution in [1.82, 2.24) is 5.32 Å². The first-order valence-electron chi connectivity index (χ1n) is 5.31. The van der Waals surface area contributed by atoms with Gasteiger partial charge in [0, 0.05) is 26.0 Å². The molecule has 1 aliphatic heterocycles. The molecule has 0 aliphatic carbocycles. The largest absolute Gasteiger partial charge is 0.481 e. The van der Waals surface area contributed by atoms with Crippen molar-refractivity contribution in [1.29, 1.82) is 0 Å². The highest BCUT2D eigenvalue weighted by Crippen LogP contribution is 2.24. The first kappa shape index (κ1) is 12.4. The second kappa shape index (κ2) is 5.44. The van der Waals surface area contributed by atoms with Crippen LogP contribution in [-0.4, -0.2) is 47.6 Å². The van der Waals surface area contributed by atoms with E-state index in [9.17, 15) is 9.90 Å². The Bertz CT molecular complexity index is 221. The maximum absolute atomic E-state index is 10.2. The van der Waals surface area contributed by atoms with Crippen LogP contribution in [-0.2, 0) is 9.53 Å². The number of rotatable bonds is 6. The fourth-order valence-electron chi connectivity index (χ4n) is 1.67. The molecule has 0 aromatic rings. The van der Waals surface area contributed by atoms with E-state index in [1.54, 1.807) is 0 Å². The minimum Gasteiger partial charge on any atom is -0.481 e. The second-order valence-electron chi connectivity index (χ2n) is 4.04. The summed E-state index contributed by atoms with van der Waals surface area (Å²) in [7, 11) is 0. The number of carbonyl (C=O) groups is 1. The summed E-state index contributed by atoms with van der Waals surface area (Å²) in [4.78, 5) is 10.2. The molecule has 1 fully saturated rings. The average molecular weight is 217 g/mol. The Hall–Kier alpha value is -0.650. The van der Waals surface area contributed by atoms with Crippen molar-refractivity contribution in [3.05, 3.63) is 0 Å². The molecule has 0 radical (unpaired) electrons. The van der Waals surface area contributed by atoms with Crippen LogP contribution in [0.5, 0.6) is 0 Å². The molecule has 5 heteroatoms. The molecule has 88 valence electrons. The van der Waals surface area contributed by atoms with E-state index < -0.39 is 11.6 Å². The predicted molar refractivity (Wildman–Crippen MR) is 54.7 cm³/mol. The van der Waals surface area contributed by atoms with Crippen molar-refractivity contribution in [3.63, 3.8) is 0 Å². The van der Waals surface area contributed by atoms with E-state index in [1.807, 2.05) is 6.92 Å². The molecule has 1 aliphatic rings. The van der Waals surface area contributed by atoms with Crippen molar-refractivity contribution in [2.24, 2.45) is 0 Å². The topological polar surface area (TPSA) is 78.8 Å². The lowest BCUT2D eigenvalue weighted by Crippen LogP contribution is -2.46. The Balaban J connectivity index is 2.11. The van der Waals surface area contributed by atoms with Gasteiger partial charge in [0.1, 0.15) is 5.60 Å². The van der Waals surface area contributed by atoms with E-state index in [-0.39, 0.29) is 12.5 Å². The molecule has 1 heterocycles. The molecule has 0 spiro atoms. The Morgan fingerprint density at radius 3 is 2.93 bits per heavy atom. The third-order valence-electron chi connectivity index (χ3n) is 2.83. The Morgan fingerprint density at radius 1 is 1.67 bits per heavy atom. The van der Waals surface area contributed by atoms with Crippen LogP contribution in [0.3, 0.4) is 0 Å². The Morgan fingerprint density at radius 2 is 2.40 bits per heavy atom. The molecule has 15 heavy (non-hydrogen) atoms. The summed E-state index contributed by atoms with van der Waals surface area (Å²) in [5, 5.41) is 21.5. The van der Waals surface area contributed by atoms with Gasteiger partial charge in [-0.1, -0.05) is 0 Å². The van der Waals surface area contributed by atoms with Gasteiger partial charge in [-0.3, -0.25) is 4.79 Å². The molecule has 0 saturated carbocycles. The maximum Gasteiger partial charge on any atom is 0.303 e. The molecule has 0 aromatic heterocycles. The predicted octanol–water partition coefficient (Wildman–Crippen LogP) is -0.0193. The minimum absolute atomic E-state index is 0.149. The zero-order chi connectivity index (χ0) is 11.3. The van der Waals surface area contributed by atoms with Crippen molar-refractivity contribution in [2.45, 2.75) is 37.9 Å². The van der Waals surface area contributed by atoms with Gasteiger partial charge in [-0.15, -0.1) is 0 Å². The maximum atomic E-state index is 10.2. The smallest absolute Gasteiger partial charge is 0.303 e. The first-order valence-corrected chi connectivity index (χ1v) is 5.31. The average Bonchev–Trinajstić information content (AvgIpc) is 2.46.